The minimum absolute atomic E-state index is 0. The number of rotatable bonds is 3. The number of benzene rings is 2. The molecule has 1 heterocycles. The fourth-order valence-electron chi connectivity index (χ4n) is 3.12. The molecule has 118 valence electrons. The van der Waals surface area contributed by atoms with Crippen molar-refractivity contribution in [1.29, 1.82) is 0 Å². The molecule has 0 aliphatic carbocycles. The molecule has 3 nitrogen and oxygen atoms in total. The Morgan fingerprint density at radius 3 is 2.36 bits per heavy atom. The van der Waals surface area contributed by atoms with Crippen molar-refractivity contribution in [2.45, 2.75) is 25.3 Å². The molecule has 2 aromatic carbocycles. The highest BCUT2D eigenvalue weighted by molar-refractivity contribution is 5.85. The number of hydrogen-bond donors (Lipinski definition) is 2. The molecule has 3 rings (SSSR count). The molecule has 0 aromatic heterocycles. The van der Waals surface area contributed by atoms with Crippen LogP contribution < -0.4 is 5.73 Å². The molecule has 1 saturated heterocycles. The van der Waals surface area contributed by atoms with Crippen molar-refractivity contribution in [2.24, 2.45) is 0 Å². The van der Waals surface area contributed by atoms with Crippen LogP contribution >= 0.6 is 12.4 Å². The van der Waals surface area contributed by atoms with E-state index in [1.807, 2.05) is 24.3 Å². The predicted octanol–water partition coefficient (Wildman–Crippen LogP) is 3.78. The van der Waals surface area contributed by atoms with Crippen LogP contribution in [-0.4, -0.2) is 23.1 Å². The molecule has 0 spiro atoms. The van der Waals surface area contributed by atoms with Crippen LogP contribution in [0.4, 0.5) is 5.69 Å². The lowest BCUT2D eigenvalue weighted by Gasteiger charge is -2.32. The fourth-order valence-corrected chi connectivity index (χ4v) is 3.12. The number of nitrogen functional groups attached to an aromatic ring is 1. The van der Waals surface area contributed by atoms with Gasteiger partial charge in [0.2, 0.25) is 0 Å². The van der Waals surface area contributed by atoms with E-state index in [2.05, 4.69) is 17.0 Å². The van der Waals surface area contributed by atoms with Crippen LogP contribution in [0.3, 0.4) is 0 Å². The third kappa shape index (κ3) is 4.15. The molecule has 2 aromatic rings. The van der Waals surface area contributed by atoms with Crippen molar-refractivity contribution in [2.75, 3.05) is 18.8 Å². The SMILES string of the molecule is Cl.Nc1cccc(CN2CCC(c3ccc(O)cc3)CC2)c1. The Labute approximate surface area is 138 Å². The van der Waals surface area contributed by atoms with Gasteiger partial charge in [-0.3, -0.25) is 4.90 Å². The van der Waals surface area contributed by atoms with E-state index in [0.29, 0.717) is 11.7 Å². The van der Waals surface area contributed by atoms with Gasteiger partial charge in [0.1, 0.15) is 5.75 Å². The number of anilines is 1. The van der Waals surface area contributed by atoms with E-state index >= 15 is 0 Å². The Balaban J connectivity index is 0.00000176. The van der Waals surface area contributed by atoms with Gasteiger partial charge < -0.3 is 10.8 Å². The number of nitrogens with zero attached hydrogens (tertiary/aromatic N) is 1. The summed E-state index contributed by atoms with van der Waals surface area (Å²) < 4.78 is 0. The summed E-state index contributed by atoms with van der Waals surface area (Å²) in [5.41, 5.74) is 9.31. The monoisotopic (exact) mass is 318 g/mol. The standard InChI is InChI=1S/C18H22N2O.ClH/c19-17-3-1-2-14(12-17)13-20-10-8-16(9-11-20)15-4-6-18(21)7-5-15;/h1-7,12,16,21H,8-11,13,19H2;1H. The number of phenolic OH excluding ortho intramolecular Hbond substituents is 1. The van der Waals surface area contributed by atoms with Gasteiger partial charge in [-0.2, -0.15) is 0 Å². The first-order chi connectivity index (χ1) is 10.2. The Kier molecular flexibility index (Phi) is 5.69. The summed E-state index contributed by atoms with van der Waals surface area (Å²) in [6.45, 7) is 3.20. The number of hydrogen-bond acceptors (Lipinski definition) is 3. The molecule has 0 atom stereocenters. The second-order valence-electron chi connectivity index (χ2n) is 5.89. The van der Waals surface area contributed by atoms with E-state index in [-0.39, 0.29) is 12.4 Å². The zero-order valence-corrected chi connectivity index (χ0v) is 13.4. The van der Waals surface area contributed by atoms with Crippen LogP contribution in [0.1, 0.15) is 29.9 Å². The van der Waals surface area contributed by atoms with Crippen LogP contribution in [0.15, 0.2) is 48.5 Å². The van der Waals surface area contributed by atoms with Gasteiger partial charge in [0.15, 0.2) is 0 Å². The third-order valence-electron chi connectivity index (χ3n) is 4.31. The summed E-state index contributed by atoms with van der Waals surface area (Å²) in [4.78, 5) is 2.49. The molecular formula is C18H23ClN2O. The largest absolute Gasteiger partial charge is 0.508 e. The summed E-state index contributed by atoms with van der Waals surface area (Å²) in [6, 6.07) is 15.8. The van der Waals surface area contributed by atoms with E-state index in [0.717, 1.165) is 25.3 Å². The van der Waals surface area contributed by atoms with E-state index in [1.165, 1.54) is 24.0 Å². The van der Waals surface area contributed by atoms with Crippen LogP contribution in [-0.2, 0) is 6.54 Å². The van der Waals surface area contributed by atoms with Crippen molar-refractivity contribution in [3.8, 4) is 5.75 Å². The number of aromatic hydroxyl groups is 1. The Bertz CT molecular complexity index is 592. The highest BCUT2D eigenvalue weighted by Gasteiger charge is 2.20. The van der Waals surface area contributed by atoms with Crippen LogP contribution in [0.2, 0.25) is 0 Å². The Hall–Kier alpha value is -1.71. The van der Waals surface area contributed by atoms with E-state index in [4.69, 9.17) is 5.73 Å². The molecule has 1 fully saturated rings. The van der Waals surface area contributed by atoms with Crippen molar-refractivity contribution in [1.82, 2.24) is 4.90 Å². The summed E-state index contributed by atoms with van der Waals surface area (Å²) in [7, 11) is 0. The van der Waals surface area contributed by atoms with Crippen LogP contribution in [0, 0.1) is 0 Å². The fraction of sp³-hybridized carbons (Fsp3) is 0.333. The van der Waals surface area contributed by atoms with Crippen LogP contribution in [0.25, 0.3) is 0 Å². The minimum Gasteiger partial charge on any atom is -0.508 e. The number of halogens is 1. The quantitative estimate of drug-likeness (QED) is 0.847. The van der Waals surface area contributed by atoms with Gasteiger partial charge in [-0.15, -0.1) is 12.4 Å². The molecule has 1 aliphatic rings. The normalized spacial score (nSPS) is 16.2. The zero-order valence-electron chi connectivity index (χ0n) is 12.6. The number of phenols is 1. The first kappa shape index (κ1) is 16.7. The van der Waals surface area contributed by atoms with E-state index in [9.17, 15) is 5.11 Å². The molecule has 0 saturated carbocycles. The lowest BCUT2D eigenvalue weighted by molar-refractivity contribution is 0.204. The minimum atomic E-state index is 0. The molecule has 1 aliphatic heterocycles. The zero-order chi connectivity index (χ0) is 14.7. The molecule has 0 radical (unpaired) electrons. The van der Waals surface area contributed by atoms with Gasteiger partial charge in [-0.05, 0) is 67.2 Å². The maximum atomic E-state index is 9.37. The molecule has 0 bridgehead atoms. The van der Waals surface area contributed by atoms with Crippen molar-refractivity contribution in [3.05, 3.63) is 59.7 Å². The molecule has 3 N–H and O–H groups in total. The smallest absolute Gasteiger partial charge is 0.115 e. The van der Waals surface area contributed by atoms with Gasteiger partial charge >= 0.3 is 0 Å². The Morgan fingerprint density at radius 1 is 1.05 bits per heavy atom. The summed E-state index contributed by atoms with van der Waals surface area (Å²) >= 11 is 0. The van der Waals surface area contributed by atoms with Gasteiger partial charge in [-0.25, -0.2) is 0 Å². The maximum Gasteiger partial charge on any atom is 0.115 e. The van der Waals surface area contributed by atoms with Crippen molar-refractivity contribution in [3.63, 3.8) is 0 Å². The van der Waals surface area contributed by atoms with E-state index in [1.54, 1.807) is 12.1 Å². The first-order valence-electron chi connectivity index (χ1n) is 7.56. The molecule has 0 amide bonds. The third-order valence-corrected chi connectivity index (χ3v) is 4.31. The Morgan fingerprint density at radius 2 is 1.73 bits per heavy atom. The molecule has 4 heteroatoms. The molecule has 0 unspecified atom stereocenters. The molecular weight excluding hydrogens is 296 g/mol. The van der Waals surface area contributed by atoms with E-state index < -0.39 is 0 Å². The van der Waals surface area contributed by atoms with Gasteiger partial charge in [0.25, 0.3) is 0 Å². The number of piperidine rings is 1. The second kappa shape index (κ2) is 7.52. The average Bonchev–Trinajstić information content (AvgIpc) is 2.49. The van der Waals surface area contributed by atoms with Gasteiger partial charge in [0.05, 0.1) is 0 Å². The highest BCUT2D eigenvalue weighted by atomic mass is 35.5. The predicted molar refractivity (Wildman–Crippen MR) is 93.5 cm³/mol. The second-order valence-corrected chi connectivity index (χ2v) is 5.89. The van der Waals surface area contributed by atoms with Crippen molar-refractivity contribution >= 4 is 18.1 Å². The first-order valence-corrected chi connectivity index (χ1v) is 7.56. The number of likely N-dealkylation sites (tertiary alicyclic amines) is 1. The van der Waals surface area contributed by atoms with Crippen LogP contribution in [0.5, 0.6) is 5.75 Å². The lowest BCUT2D eigenvalue weighted by Crippen LogP contribution is -2.32. The maximum absolute atomic E-state index is 9.37. The lowest BCUT2D eigenvalue weighted by atomic mass is 9.89. The average molecular weight is 319 g/mol. The summed E-state index contributed by atoms with van der Waals surface area (Å²) in [5, 5.41) is 9.37. The summed E-state index contributed by atoms with van der Waals surface area (Å²) in [5.74, 6) is 0.959. The van der Waals surface area contributed by atoms with Crippen molar-refractivity contribution < 1.29 is 5.11 Å². The molecule has 22 heavy (non-hydrogen) atoms. The number of nitrogens with two attached hydrogens (primary N) is 1. The van der Waals surface area contributed by atoms with Gasteiger partial charge in [0, 0.05) is 12.2 Å². The summed E-state index contributed by atoms with van der Waals surface area (Å²) in [6.07, 6.45) is 2.35. The topological polar surface area (TPSA) is 49.5 Å². The van der Waals surface area contributed by atoms with Gasteiger partial charge in [-0.1, -0.05) is 24.3 Å². The highest BCUT2D eigenvalue weighted by Crippen LogP contribution is 2.29.